The summed E-state index contributed by atoms with van der Waals surface area (Å²) in [5, 5.41) is 25.5. The van der Waals surface area contributed by atoms with Gasteiger partial charge in [-0.3, -0.25) is 10.4 Å². The van der Waals surface area contributed by atoms with E-state index < -0.39 is 11.6 Å². The lowest BCUT2D eigenvalue weighted by molar-refractivity contribution is 0.356. The number of aromatic nitrogens is 1. The van der Waals surface area contributed by atoms with Gasteiger partial charge < -0.3 is 20.6 Å². The Morgan fingerprint density at radius 3 is 2.58 bits per heavy atom. The van der Waals surface area contributed by atoms with Gasteiger partial charge in [0.25, 0.3) is 0 Å². The third kappa shape index (κ3) is 4.45. The maximum Gasteiger partial charge on any atom is 0.173 e. The van der Waals surface area contributed by atoms with E-state index in [1.165, 1.54) is 30.5 Å². The summed E-state index contributed by atoms with van der Waals surface area (Å²) in [7, 11) is 1.56. The predicted octanol–water partition coefficient (Wildman–Crippen LogP) is 4.17. The van der Waals surface area contributed by atoms with Gasteiger partial charge in [0.15, 0.2) is 5.82 Å². The monoisotopic (exact) mass is 451 g/mol. The molecule has 4 N–H and O–H groups in total. The van der Waals surface area contributed by atoms with Crippen LogP contribution in [0.25, 0.3) is 22.0 Å². The van der Waals surface area contributed by atoms with Crippen LogP contribution >= 0.6 is 0 Å². The van der Waals surface area contributed by atoms with Gasteiger partial charge in [-0.25, -0.2) is 8.78 Å². The molecule has 33 heavy (non-hydrogen) atoms. The van der Waals surface area contributed by atoms with Gasteiger partial charge in [0.1, 0.15) is 23.1 Å². The fraction of sp³-hybridized carbons (Fsp3) is 0.280. The number of halogens is 2. The SMILES string of the molecule is C#Cc1c(F)ccc2cc(O)cc(-c3ncc(C(=N)N4CCNCC4)c(NC)c3F)c12.CC. The number of piperazine rings is 1. The molecular weight excluding hydrogens is 424 g/mol. The van der Waals surface area contributed by atoms with Crippen LogP contribution in [0.1, 0.15) is 25.0 Å². The Labute approximate surface area is 192 Å². The second kappa shape index (κ2) is 10.3. The Morgan fingerprint density at radius 1 is 1.24 bits per heavy atom. The summed E-state index contributed by atoms with van der Waals surface area (Å²) in [6.45, 7) is 6.74. The topological polar surface area (TPSA) is 84.3 Å². The number of amidine groups is 1. The van der Waals surface area contributed by atoms with E-state index in [2.05, 4.69) is 21.5 Å². The summed E-state index contributed by atoms with van der Waals surface area (Å²) >= 11 is 0. The molecule has 3 aromatic rings. The van der Waals surface area contributed by atoms with Crippen LogP contribution in [0.2, 0.25) is 0 Å². The van der Waals surface area contributed by atoms with Crippen molar-refractivity contribution in [2.45, 2.75) is 13.8 Å². The lowest BCUT2D eigenvalue weighted by Crippen LogP contribution is -2.46. The van der Waals surface area contributed by atoms with Gasteiger partial charge in [-0.05, 0) is 23.6 Å². The van der Waals surface area contributed by atoms with Crippen molar-refractivity contribution in [2.24, 2.45) is 0 Å². The lowest BCUT2D eigenvalue weighted by Gasteiger charge is -2.30. The lowest BCUT2D eigenvalue weighted by atomic mass is 9.95. The molecule has 0 saturated carbocycles. The van der Waals surface area contributed by atoms with Crippen molar-refractivity contribution in [1.29, 1.82) is 5.41 Å². The van der Waals surface area contributed by atoms with E-state index in [-0.39, 0.29) is 34.1 Å². The molecule has 1 aliphatic heterocycles. The number of fused-ring (bicyclic) bond motifs is 1. The summed E-state index contributed by atoms with van der Waals surface area (Å²) in [4.78, 5) is 6.12. The molecule has 1 saturated heterocycles. The number of hydrogen-bond donors (Lipinski definition) is 4. The van der Waals surface area contributed by atoms with Gasteiger partial charge in [-0.1, -0.05) is 25.8 Å². The number of hydrogen-bond acceptors (Lipinski definition) is 5. The maximum absolute atomic E-state index is 15.7. The van der Waals surface area contributed by atoms with Crippen molar-refractivity contribution in [3.8, 4) is 29.4 Å². The summed E-state index contributed by atoms with van der Waals surface area (Å²) in [5.41, 5.74) is 0.473. The second-order valence-corrected chi connectivity index (χ2v) is 7.20. The quantitative estimate of drug-likeness (QED) is 0.273. The number of phenols is 1. The molecule has 0 unspecified atom stereocenters. The van der Waals surface area contributed by atoms with Crippen LogP contribution in [-0.4, -0.2) is 54.1 Å². The van der Waals surface area contributed by atoms with Crippen LogP contribution < -0.4 is 10.6 Å². The number of aromatic hydroxyl groups is 1. The number of benzene rings is 2. The summed E-state index contributed by atoms with van der Waals surface area (Å²) < 4.78 is 30.0. The molecule has 0 aliphatic carbocycles. The molecule has 0 bridgehead atoms. The largest absolute Gasteiger partial charge is 0.508 e. The Hall–Kier alpha value is -3.70. The third-order valence-electron chi connectivity index (χ3n) is 5.41. The highest BCUT2D eigenvalue weighted by Gasteiger charge is 2.24. The van der Waals surface area contributed by atoms with Gasteiger partial charge in [0.05, 0.1) is 16.8 Å². The first-order valence-electron chi connectivity index (χ1n) is 10.8. The molecule has 0 amide bonds. The molecule has 0 atom stereocenters. The van der Waals surface area contributed by atoms with E-state index in [1.807, 2.05) is 18.7 Å². The van der Waals surface area contributed by atoms with E-state index >= 15 is 4.39 Å². The zero-order valence-electron chi connectivity index (χ0n) is 18.9. The normalized spacial score (nSPS) is 13.2. The number of nitrogens with zero attached hydrogens (tertiary/aromatic N) is 2. The van der Waals surface area contributed by atoms with Crippen molar-refractivity contribution in [1.82, 2.24) is 15.2 Å². The van der Waals surface area contributed by atoms with Crippen LogP contribution in [0, 0.1) is 29.4 Å². The van der Waals surface area contributed by atoms with Crippen molar-refractivity contribution in [3.05, 3.63) is 53.2 Å². The molecule has 4 rings (SSSR count). The van der Waals surface area contributed by atoms with Crippen molar-refractivity contribution >= 4 is 22.3 Å². The Balaban J connectivity index is 0.00000149. The van der Waals surface area contributed by atoms with E-state index in [1.54, 1.807) is 7.05 Å². The standard InChI is InChI=1S/C23H21F2N5O.C2H6/c1-3-15-18(24)5-4-13-10-14(31)11-16(19(13)15)22-20(25)21(27-2)17(12-29-22)23(26)30-8-6-28-7-9-30;1-2/h1,4-5,10-12,26,28,31H,6-9H2,2H3,(H,27,29);1-2H3. The molecule has 2 heterocycles. The second-order valence-electron chi connectivity index (χ2n) is 7.20. The van der Waals surface area contributed by atoms with Crippen LogP contribution in [0.15, 0.2) is 30.5 Å². The molecule has 1 aromatic heterocycles. The number of pyridine rings is 1. The average molecular weight is 452 g/mol. The minimum atomic E-state index is -0.709. The fourth-order valence-corrected chi connectivity index (χ4v) is 3.91. The zero-order chi connectivity index (χ0) is 24.1. The number of terminal acetylenes is 1. The molecule has 0 radical (unpaired) electrons. The minimum Gasteiger partial charge on any atom is -0.508 e. The fourth-order valence-electron chi connectivity index (χ4n) is 3.91. The van der Waals surface area contributed by atoms with Crippen molar-refractivity contribution in [3.63, 3.8) is 0 Å². The first kappa shape index (κ1) is 24.0. The summed E-state index contributed by atoms with van der Waals surface area (Å²) in [6, 6.07) is 5.43. The summed E-state index contributed by atoms with van der Waals surface area (Å²) in [6.07, 6.45) is 6.94. The van der Waals surface area contributed by atoms with Crippen LogP contribution in [0.5, 0.6) is 5.75 Å². The first-order chi connectivity index (χ1) is 16.0. The van der Waals surface area contributed by atoms with E-state index in [0.717, 1.165) is 13.1 Å². The highest BCUT2D eigenvalue weighted by molar-refractivity contribution is 6.04. The molecule has 1 aliphatic rings. The van der Waals surface area contributed by atoms with Gasteiger partial charge in [0, 0.05) is 50.4 Å². The van der Waals surface area contributed by atoms with Crippen LogP contribution in [-0.2, 0) is 0 Å². The Morgan fingerprint density at radius 2 is 1.94 bits per heavy atom. The van der Waals surface area contributed by atoms with Crippen molar-refractivity contribution in [2.75, 3.05) is 38.5 Å². The van der Waals surface area contributed by atoms with E-state index in [0.29, 0.717) is 29.4 Å². The third-order valence-corrected chi connectivity index (χ3v) is 5.41. The summed E-state index contributed by atoms with van der Waals surface area (Å²) in [5.74, 6) is 1.04. The zero-order valence-corrected chi connectivity index (χ0v) is 18.9. The maximum atomic E-state index is 15.7. The molecular formula is C25H27F2N5O. The minimum absolute atomic E-state index is 0.0302. The van der Waals surface area contributed by atoms with Crippen molar-refractivity contribution < 1.29 is 13.9 Å². The molecule has 172 valence electrons. The highest BCUT2D eigenvalue weighted by atomic mass is 19.1. The molecule has 2 aromatic carbocycles. The Bertz CT molecular complexity index is 1230. The molecule has 0 spiro atoms. The van der Waals surface area contributed by atoms with Crippen LogP contribution in [0.4, 0.5) is 14.5 Å². The number of phenolic OH excluding ortho intramolecular Hbond substituents is 1. The number of anilines is 1. The smallest absolute Gasteiger partial charge is 0.173 e. The van der Waals surface area contributed by atoms with E-state index in [9.17, 15) is 9.50 Å². The Kier molecular flexibility index (Phi) is 7.46. The predicted molar refractivity (Wildman–Crippen MR) is 129 cm³/mol. The molecule has 6 nitrogen and oxygen atoms in total. The molecule has 8 heteroatoms. The number of rotatable bonds is 3. The average Bonchev–Trinajstić information content (AvgIpc) is 2.85. The number of nitrogens with one attached hydrogen (secondary N) is 3. The first-order valence-corrected chi connectivity index (χ1v) is 10.8. The highest BCUT2D eigenvalue weighted by Crippen LogP contribution is 2.38. The van der Waals surface area contributed by atoms with Crippen LogP contribution in [0.3, 0.4) is 0 Å². The van der Waals surface area contributed by atoms with Gasteiger partial charge in [0.2, 0.25) is 0 Å². The van der Waals surface area contributed by atoms with Gasteiger partial charge in [-0.2, -0.15) is 0 Å². The molecule has 1 fully saturated rings. The van der Waals surface area contributed by atoms with Gasteiger partial charge in [-0.15, -0.1) is 6.42 Å². The van der Waals surface area contributed by atoms with Gasteiger partial charge >= 0.3 is 0 Å². The van der Waals surface area contributed by atoms with E-state index in [4.69, 9.17) is 11.8 Å².